The van der Waals surface area contributed by atoms with Crippen molar-refractivity contribution in [3.8, 4) is 0 Å². The lowest BCUT2D eigenvalue weighted by molar-refractivity contribution is -0.161. The lowest BCUT2D eigenvalue weighted by Crippen LogP contribution is -2.29. The number of ether oxygens (including phenoxy) is 2. The van der Waals surface area contributed by atoms with Crippen LogP contribution in [-0.2, 0) is 28.2 Å². The van der Waals surface area contributed by atoms with E-state index in [0.29, 0.717) is 6.42 Å². The summed E-state index contributed by atoms with van der Waals surface area (Å²) < 4.78 is 26.3. The molecule has 8 nitrogen and oxygen atoms in total. The molecule has 290 valence electrons. The Kier molecular flexibility index (Phi) is 35.3. The lowest BCUT2D eigenvalue weighted by Gasteiger charge is -2.18. The van der Waals surface area contributed by atoms with Gasteiger partial charge in [-0.05, 0) is 51.4 Å². The lowest BCUT2D eigenvalue weighted by atomic mass is 10.0. The van der Waals surface area contributed by atoms with Crippen LogP contribution in [0.25, 0.3) is 0 Å². The Morgan fingerprint density at radius 2 is 0.960 bits per heavy atom. The monoisotopic (exact) mass is 725 g/mol. The maximum atomic E-state index is 12.4. The van der Waals surface area contributed by atoms with E-state index in [9.17, 15) is 14.2 Å². The number of allylic oxidation sites excluding steroid dienone is 8. The van der Waals surface area contributed by atoms with Crippen molar-refractivity contribution in [3.63, 3.8) is 0 Å². The Labute approximate surface area is 305 Å². The van der Waals surface area contributed by atoms with E-state index in [1.54, 1.807) is 0 Å². The van der Waals surface area contributed by atoms with E-state index in [-0.39, 0.29) is 19.4 Å². The molecule has 0 amide bonds. The van der Waals surface area contributed by atoms with Gasteiger partial charge < -0.3 is 19.3 Å². The van der Waals surface area contributed by atoms with Gasteiger partial charge in [-0.2, -0.15) is 0 Å². The topological polar surface area (TPSA) is 119 Å². The summed E-state index contributed by atoms with van der Waals surface area (Å²) in [6, 6.07) is 0. The van der Waals surface area contributed by atoms with Crippen molar-refractivity contribution < 1.29 is 37.9 Å². The van der Waals surface area contributed by atoms with E-state index < -0.39 is 32.5 Å². The molecule has 0 saturated heterocycles. The second-order valence-electron chi connectivity index (χ2n) is 13.2. The largest absolute Gasteiger partial charge is 0.469 e. The average Bonchev–Trinajstić information content (AvgIpc) is 3.08. The average molecular weight is 725 g/mol. The van der Waals surface area contributed by atoms with Crippen LogP contribution in [0.4, 0.5) is 0 Å². The van der Waals surface area contributed by atoms with Gasteiger partial charge in [0.2, 0.25) is 0 Å². The maximum absolute atomic E-state index is 12.4. The molecule has 0 aliphatic rings. The molecule has 0 spiro atoms. The molecule has 0 saturated carbocycles. The predicted octanol–water partition coefficient (Wildman–Crippen LogP) is 12.0. The van der Waals surface area contributed by atoms with Crippen LogP contribution in [0, 0.1) is 0 Å². The Morgan fingerprint density at radius 1 is 0.540 bits per heavy atom. The summed E-state index contributed by atoms with van der Waals surface area (Å²) in [6.07, 6.45) is 44.0. The van der Waals surface area contributed by atoms with E-state index in [1.165, 1.54) is 77.0 Å². The quantitative estimate of drug-likeness (QED) is 0.0284. The molecule has 0 aliphatic carbocycles. The molecule has 0 fully saturated rings. The molecule has 0 aromatic carbocycles. The van der Waals surface area contributed by atoms with Crippen molar-refractivity contribution in [1.29, 1.82) is 0 Å². The van der Waals surface area contributed by atoms with Gasteiger partial charge in [0.25, 0.3) is 0 Å². The van der Waals surface area contributed by atoms with Gasteiger partial charge in [-0.1, -0.05) is 165 Å². The van der Waals surface area contributed by atoms with Crippen LogP contribution in [0.15, 0.2) is 48.6 Å². The van der Waals surface area contributed by atoms with E-state index >= 15 is 0 Å². The molecule has 50 heavy (non-hydrogen) atoms. The minimum absolute atomic E-state index is 0.184. The summed E-state index contributed by atoms with van der Waals surface area (Å²) in [5, 5.41) is 0. The van der Waals surface area contributed by atoms with Gasteiger partial charge in [-0.25, -0.2) is 4.57 Å². The summed E-state index contributed by atoms with van der Waals surface area (Å²) in [5.41, 5.74) is 0. The van der Waals surface area contributed by atoms with Crippen molar-refractivity contribution in [1.82, 2.24) is 0 Å². The van der Waals surface area contributed by atoms with Crippen LogP contribution in [0.2, 0.25) is 0 Å². The first-order valence-corrected chi connectivity index (χ1v) is 21.5. The molecule has 0 aromatic rings. The van der Waals surface area contributed by atoms with Crippen LogP contribution in [0.3, 0.4) is 0 Å². The van der Waals surface area contributed by atoms with Crippen molar-refractivity contribution in [3.05, 3.63) is 48.6 Å². The van der Waals surface area contributed by atoms with Crippen LogP contribution >= 0.6 is 7.82 Å². The Hall–Kier alpha value is -1.99. The Balaban J connectivity index is 3.98. The van der Waals surface area contributed by atoms with Crippen molar-refractivity contribution in [2.45, 2.75) is 187 Å². The SMILES string of the molecule is CC/C=C\C/C=C\C/C=C\C/C=C\CCCCCCC(=O)OC(COC(=O)CCCCCCCCCCCCCCCCC)COP(=O)(O)O. The highest BCUT2D eigenvalue weighted by atomic mass is 31.2. The minimum atomic E-state index is -4.76. The number of hydrogen-bond acceptors (Lipinski definition) is 6. The van der Waals surface area contributed by atoms with Crippen LogP contribution < -0.4 is 0 Å². The smallest absolute Gasteiger partial charge is 0.462 e. The first-order chi connectivity index (χ1) is 24.3. The van der Waals surface area contributed by atoms with E-state index in [1.807, 2.05) is 0 Å². The molecule has 9 heteroatoms. The Morgan fingerprint density at radius 3 is 1.44 bits per heavy atom. The molecular formula is C41H73O8P. The fourth-order valence-corrected chi connectivity index (χ4v) is 5.78. The zero-order valence-corrected chi connectivity index (χ0v) is 32.7. The molecule has 0 rings (SSSR count). The number of hydrogen-bond donors (Lipinski definition) is 2. The van der Waals surface area contributed by atoms with Gasteiger partial charge in [-0.3, -0.25) is 14.1 Å². The highest BCUT2D eigenvalue weighted by Crippen LogP contribution is 2.36. The van der Waals surface area contributed by atoms with Crippen molar-refractivity contribution >= 4 is 19.8 Å². The number of rotatable bonds is 36. The summed E-state index contributed by atoms with van der Waals surface area (Å²) in [6.45, 7) is 3.55. The van der Waals surface area contributed by atoms with Gasteiger partial charge >= 0.3 is 19.8 Å². The van der Waals surface area contributed by atoms with Gasteiger partial charge in [0.15, 0.2) is 6.10 Å². The number of carbonyl (C=O) groups excluding carboxylic acids is 2. The Bertz CT molecular complexity index is 952. The maximum Gasteiger partial charge on any atom is 0.469 e. The zero-order valence-electron chi connectivity index (χ0n) is 31.8. The number of phosphoric acid groups is 1. The molecule has 1 unspecified atom stereocenters. The standard InChI is InChI=1S/C41H73O8P/c1-3-5-7-9-11-13-15-17-19-20-22-24-26-28-30-32-34-36-41(43)49-39(38-48-50(44,45)46)37-47-40(42)35-33-31-29-27-25-23-21-18-16-14-12-10-8-6-4-2/h5,7,11,13,17,19,22,24,39H,3-4,6,8-10,12,14-16,18,20-21,23,25-38H2,1-2H3,(H2,44,45,46)/b7-5-,13-11-,19-17-,24-22-. The number of carbonyl (C=O) groups is 2. The first-order valence-electron chi connectivity index (χ1n) is 19.9. The van der Waals surface area contributed by atoms with Gasteiger partial charge in [0, 0.05) is 12.8 Å². The highest BCUT2D eigenvalue weighted by molar-refractivity contribution is 7.46. The van der Waals surface area contributed by atoms with Crippen molar-refractivity contribution in [2.75, 3.05) is 13.2 Å². The van der Waals surface area contributed by atoms with E-state index in [0.717, 1.165) is 70.6 Å². The fourth-order valence-electron chi connectivity index (χ4n) is 5.42. The normalized spacial score (nSPS) is 13.0. The van der Waals surface area contributed by atoms with Crippen molar-refractivity contribution in [2.24, 2.45) is 0 Å². The number of phosphoric ester groups is 1. The number of esters is 2. The van der Waals surface area contributed by atoms with Crippen LogP contribution in [0.5, 0.6) is 0 Å². The third-order valence-electron chi connectivity index (χ3n) is 8.36. The molecule has 0 radical (unpaired) electrons. The third-order valence-corrected chi connectivity index (χ3v) is 8.85. The summed E-state index contributed by atoms with van der Waals surface area (Å²) in [4.78, 5) is 42.8. The molecule has 0 aliphatic heterocycles. The highest BCUT2D eigenvalue weighted by Gasteiger charge is 2.22. The van der Waals surface area contributed by atoms with Crippen LogP contribution in [0.1, 0.15) is 181 Å². The van der Waals surface area contributed by atoms with Gasteiger partial charge in [0.05, 0.1) is 6.61 Å². The molecule has 1 atom stereocenters. The predicted molar refractivity (Wildman–Crippen MR) is 207 cm³/mol. The zero-order chi connectivity index (χ0) is 36.8. The molecule has 0 heterocycles. The number of unbranched alkanes of at least 4 members (excludes halogenated alkanes) is 18. The summed E-state index contributed by atoms with van der Waals surface area (Å²) in [7, 11) is -4.76. The van der Waals surface area contributed by atoms with Gasteiger partial charge in [-0.15, -0.1) is 0 Å². The minimum Gasteiger partial charge on any atom is -0.462 e. The second kappa shape index (κ2) is 36.8. The van der Waals surface area contributed by atoms with E-state index in [4.69, 9.17) is 19.3 Å². The van der Waals surface area contributed by atoms with Gasteiger partial charge in [0.1, 0.15) is 6.61 Å². The van der Waals surface area contributed by atoms with Crippen LogP contribution in [-0.4, -0.2) is 41.0 Å². The second-order valence-corrected chi connectivity index (χ2v) is 14.5. The molecule has 0 aromatic heterocycles. The first kappa shape index (κ1) is 48.0. The molecule has 0 bridgehead atoms. The van der Waals surface area contributed by atoms with E-state index in [2.05, 4.69) is 67.0 Å². The molecule has 2 N–H and O–H groups in total. The fraction of sp³-hybridized carbons (Fsp3) is 0.756. The summed E-state index contributed by atoms with van der Waals surface area (Å²) in [5.74, 6) is -0.910. The summed E-state index contributed by atoms with van der Waals surface area (Å²) >= 11 is 0. The molecular weight excluding hydrogens is 651 g/mol. The third kappa shape index (κ3) is 38.8.